The van der Waals surface area contributed by atoms with Crippen molar-refractivity contribution in [3.8, 4) is 0 Å². The average molecular weight is 270 g/mol. The monoisotopic (exact) mass is 270 g/mol. The van der Waals surface area contributed by atoms with Crippen LogP contribution in [0.25, 0.3) is 0 Å². The van der Waals surface area contributed by atoms with E-state index < -0.39 is 0 Å². The number of benzene rings is 1. The van der Waals surface area contributed by atoms with Gasteiger partial charge in [-0.25, -0.2) is 0 Å². The zero-order valence-electron chi connectivity index (χ0n) is 12.5. The van der Waals surface area contributed by atoms with Gasteiger partial charge < -0.3 is 4.74 Å². The normalized spacial score (nSPS) is 44.9. The fourth-order valence-electron chi connectivity index (χ4n) is 5.30. The minimum absolute atomic E-state index is 0.101. The van der Waals surface area contributed by atoms with Crippen molar-refractivity contribution in [3.05, 3.63) is 35.9 Å². The second-order valence-electron chi connectivity index (χ2n) is 7.55. The summed E-state index contributed by atoms with van der Waals surface area (Å²) in [7, 11) is 0. The SMILES string of the molecule is CC1(C)CCC(=O)[C@@]2(C)[C@H](c3ccccc3)C[C@H]3O[C@@]312. The van der Waals surface area contributed by atoms with E-state index in [2.05, 4.69) is 45.0 Å². The summed E-state index contributed by atoms with van der Waals surface area (Å²) in [5.41, 5.74) is 0.844. The van der Waals surface area contributed by atoms with Crippen LogP contribution in [-0.2, 0) is 9.53 Å². The minimum Gasteiger partial charge on any atom is -0.364 e. The van der Waals surface area contributed by atoms with E-state index in [4.69, 9.17) is 4.74 Å². The van der Waals surface area contributed by atoms with Gasteiger partial charge in [0.05, 0.1) is 11.5 Å². The largest absolute Gasteiger partial charge is 0.364 e. The molecule has 1 aromatic rings. The molecule has 3 aliphatic rings. The van der Waals surface area contributed by atoms with Crippen LogP contribution in [0.15, 0.2) is 30.3 Å². The first-order valence-corrected chi connectivity index (χ1v) is 7.69. The molecule has 0 amide bonds. The molecule has 3 fully saturated rings. The van der Waals surface area contributed by atoms with Crippen LogP contribution in [0.5, 0.6) is 0 Å². The van der Waals surface area contributed by atoms with Crippen molar-refractivity contribution < 1.29 is 9.53 Å². The Hall–Kier alpha value is -1.15. The highest BCUT2D eigenvalue weighted by Gasteiger charge is 2.82. The number of Topliss-reactive ketones (excluding diaryl/α,β-unsaturated/α-hetero) is 1. The van der Waals surface area contributed by atoms with E-state index in [0.29, 0.717) is 18.1 Å². The Bertz CT molecular complexity index is 576. The maximum absolute atomic E-state index is 12.8. The van der Waals surface area contributed by atoms with Gasteiger partial charge in [0.25, 0.3) is 0 Å². The molecule has 1 aliphatic heterocycles. The van der Waals surface area contributed by atoms with Gasteiger partial charge in [0.2, 0.25) is 0 Å². The van der Waals surface area contributed by atoms with E-state index in [9.17, 15) is 4.79 Å². The van der Waals surface area contributed by atoms with Gasteiger partial charge in [0.15, 0.2) is 0 Å². The van der Waals surface area contributed by atoms with E-state index in [1.54, 1.807) is 0 Å². The lowest BCUT2D eigenvalue weighted by Gasteiger charge is -2.49. The number of epoxide rings is 1. The molecule has 2 heteroatoms. The van der Waals surface area contributed by atoms with Gasteiger partial charge in [-0.3, -0.25) is 4.79 Å². The van der Waals surface area contributed by atoms with Crippen molar-refractivity contribution in [3.63, 3.8) is 0 Å². The van der Waals surface area contributed by atoms with Crippen molar-refractivity contribution in [2.24, 2.45) is 10.8 Å². The molecule has 4 rings (SSSR count). The van der Waals surface area contributed by atoms with Crippen molar-refractivity contribution in [1.29, 1.82) is 0 Å². The lowest BCUT2D eigenvalue weighted by atomic mass is 9.53. The number of rotatable bonds is 1. The first-order valence-electron chi connectivity index (χ1n) is 7.69. The molecule has 0 bridgehead atoms. The molecule has 0 unspecified atom stereocenters. The van der Waals surface area contributed by atoms with E-state index >= 15 is 0 Å². The molecule has 2 nitrogen and oxygen atoms in total. The molecule has 106 valence electrons. The molecular formula is C18H22O2. The molecule has 0 radical (unpaired) electrons. The number of hydrogen-bond donors (Lipinski definition) is 0. The highest BCUT2D eigenvalue weighted by Crippen LogP contribution is 2.75. The minimum atomic E-state index is -0.346. The Labute approximate surface area is 120 Å². The predicted molar refractivity (Wildman–Crippen MR) is 77.5 cm³/mol. The molecule has 2 saturated carbocycles. The van der Waals surface area contributed by atoms with E-state index in [1.807, 2.05) is 6.07 Å². The number of ether oxygens (including phenoxy) is 1. The molecule has 1 aromatic carbocycles. The van der Waals surface area contributed by atoms with E-state index in [0.717, 1.165) is 12.8 Å². The highest BCUT2D eigenvalue weighted by atomic mass is 16.6. The second-order valence-corrected chi connectivity index (χ2v) is 7.55. The highest BCUT2D eigenvalue weighted by molar-refractivity contribution is 5.90. The quantitative estimate of drug-likeness (QED) is 0.728. The molecule has 1 heterocycles. The van der Waals surface area contributed by atoms with Crippen LogP contribution in [0, 0.1) is 10.8 Å². The van der Waals surface area contributed by atoms with Gasteiger partial charge in [0, 0.05) is 12.3 Å². The first kappa shape index (κ1) is 12.6. The summed E-state index contributed by atoms with van der Waals surface area (Å²) >= 11 is 0. The summed E-state index contributed by atoms with van der Waals surface area (Å²) in [6.07, 6.45) is 2.93. The maximum Gasteiger partial charge on any atom is 0.142 e. The average Bonchev–Trinajstić information content (AvgIpc) is 3.11. The Morgan fingerprint density at radius 3 is 2.55 bits per heavy atom. The predicted octanol–water partition coefficient (Wildman–Crippen LogP) is 3.71. The summed E-state index contributed by atoms with van der Waals surface area (Å²) < 4.78 is 6.16. The number of carbonyl (C=O) groups is 1. The zero-order valence-corrected chi connectivity index (χ0v) is 12.5. The van der Waals surface area contributed by atoms with Gasteiger partial charge in [-0.2, -0.15) is 0 Å². The van der Waals surface area contributed by atoms with Gasteiger partial charge in [-0.15, -0.1) is 0 Å². The molecule has 1 spiro atoms. The third-order valence-corrected chi connectivity index (χ3v) is 6.41. The van der Waals surface area contributed by atoms with Crippen LogP contribution < -0.4 is 0 Å². The summed E-state index contributed by atoms with van der Waals surface area (Å²) in [5, 5.41) is 0. The number of carbonyl (C=O) groups excluding carboxylic acids is 1. The lowest BCUT2D eigenvalue weighted by Crippen LogP contribution is -2.55. The Morgan fingerprint density at radius 1 is 1.15 bits per heavy atom. The number of ketones is 1. The van der Waals surface area contributed by atoms with Crippen molar-refractivity contribution in [2.75, 3.05) is 0 Å². The third kappa shape index (κ3) is 1.18. The maximum atomic E-state index is 12.8. The van der Waals surface area contributed by atoms with Crippen molar-refractivity contribution >= 4 is 5.78 Å². The van der Waals surface area contributed by atoms with Gasteiger partial charge in [-0.05, 0) is 30.7 Å². The summed E-state index contributed by atoms with van der Waals surface area (Å²) in [5.74, 6) is 0.722. The number of hydrogen-bond acceptors (Lipinski definition) is 2. The molecular weight excluding hydrogens is 248 g/mol. The summed E-state index contributed by atoms with van der Waals surface area (Å²) in [6, 6.07) is 10.5. The topological polar surface area (TPSA) is 29.6 Å². The third-order valence-electron chi connectivity index (χ3n) is 6.41. The van der Waals surface area contributed by atoms with Gasteiger partial charge in [-0.1, -0.05) is 44.2 Å². The Balaban J connectivity index is 1.85. The van der Waals surface area contributed by atoms with Crippen LogP contribution in [0.1, 0.15) is 51.5 Å². The summed E-state index contributed by atoms with van der Waals surface area (Å²) in [6.45, 7) is 6.73. The van der Waals surface area contributed by atoms with E-state index in [-0.39, 0.29) is 22.5 Å². The lowest BCUT2D eigenvalue weighted by molar-refractivity contribution is -0.145. The fourth-order valence-corrected chi connectivity index (χ4v) is 5.30. The molecule has 0 N–H and O–H groups in total. The van der Waals surface area contributed by atoms with Crippen LogP contribution in [0.2, 0.25) is 0 Å². The molecule has 4 atom stereocenters. The van der Waals surface area contributed by atoms with Crippen LogP contribution >= 0.6 is 0 Å². The first-order chi connectivity index (χ1) is 9.43. The zero-order chi connectivity index (χ0) is 14.2. The van der Waals surface area contributed by atoms with Gasteiger partial charge in [0.1, 0.15) is 11.4 Å². The van der Waals surface area contributed by atoms with Crippen LogP contribution in [0.4, 0.5) is 0 Å². The van der Waals surface area contributed by atoms with Gasteiger partial charge >= 0.3 is 0 Å². The standard InChI is InChI=1S/C18H22O2/c1-16(2)10-9-14(19)17(3)13(11-15-18(16,17)20-15)12-7-5-4-6-8-12/h4-8,13,15H,9-11H2,1-3H3/t13-,15+,17+,18-/m0/s1. The van der Waals surface area contributed by atoms with Crippen molar-refractivity contribution in [1.82, 2.24) is 0 Å². The second kappa shape index (κ2) is 3.54. The smallest absolute Gasteiger partial charge is 0.142 e. The van der Waals surface area contributed by atoms with Crippen LogP contribution in [0.3, 0.4) is 0 Å². The molecule has 1 saturated heterocycles. The van der Waals surface area contributed by atoms with Crippen molar-refractivity contribution in [2.45, 2.75) is 57.7 Å². The Kier molecular flexibility index (Phi) is 2.23. The van der Waals surface area contributed by atoms with Crippen LogP contribution in [-0.4, -0.2) is 17.5 Å². The molecule has 2 aliphatic carbocycles. The molecule has 20 heavy (non-hydrogen) atoms. The molecule has 0 aromatic heterocycles. The summed E-state index contributed by atoms with van der Waals surface area (Å²) in [4.78, 5) is 12.8. The van der Waals surface area contributed by atoms with E-state index in [1.165, 1.54) is 5.56 Å². The Morgan fingerprint density at radius 2 is 1.85 bits per heavy atom. The fraction of sp³-hybridized carbons (Fsp3) is 0.611.